The van der Waals surface area contributed by atoms with Gasteiger partial charge in [-0.15, -0.1) is 0 Å². The number of rotatable bonds is 7. The first-order valence-electron chi connectivity index (χ1n) is 6.46. The van der Waals surface area contributed by atoms with Crippen molar-refractivity contribution < 1.29 is 17.9 Å². The Morgan fingerprint density at radius 3 is 2.58 bits per heavy atom. The second-order valence-electron chi connectivity index (χ2n) is 4.38. The summed E-state index contributed by atoms with van der Waals surface area (Å²) in [5.74, 6) is 0.651. The Hall–Kier alpha value is -1.23. The lowest BCUT2D eigenvalue weighted by atomic mass is 10.1. The molecule has 0 saturated carbocycles. The zero-order valence-corrected chi connectivity index (χ0v) is 11.3. The van der Waals surface area contributed by atoms with Crippen molar-refractivity contribution in [1.29, 1.82) is 0 Å². The number of benzene rings is 1. The minimum Gasteiger partial charge on any atom is -0.493 e. The highest BCUT2D eigenvalue weighted by Crippen LogP contribution is 2.26. The summed E-state index contributed by atoms with van der Waals surface area (Å²) in [6.07, 6.45) is -4.94. The van der Waals surface area contributed by atoms with Gasteiger partial charge < -0.3 is 10.1 Å². The van der Waals surface area contributed by atoms with E-state index in [1.807, 2.05) is 32.0 Å². The third-order valence-corrected chi connectivity index (χ3v) is 2.76. The highest BCUT2D eigenvalue weighted by Gasteiger charge is 2.26. The fourth-order valence-corrected chi connectivity index (χ4v) is 1.84. The molecule has 0 aromatic heterocycles. The number of alkyl halides is 3. The van der Waals surface area contributed by atoms with Gasteiger partial charge in [0.15, 0.2) is 0 Å². The Labute approximate surface area is 112 Å². The van der Waals surface area contributed by atoms with Crippen molar-refractivity contribution >= 4 is 0 Å². The largest absolute Gasteiger partial charge is 0.493 e. The number of ether oxygens (including phenoxy) is 1. The highest BCUT2D eigenvalue weighted by molar-refractivity contribution is 5.35. The smallest absolute Gasteiger partial charge is 0.389 e. The van der Waals surface area contributed by atoms with E-state index in [0.29, 0.717) is 5.75 Å². The number of hydrogen-bond acceptors (Lipinski definition) is 2. The van der Waals surface area contributed by atoms with Crippen LogP contribution in [0.1, 0.15) is 38.3 Å². The van der Waals surface area contributed by atoms with Crippen LogP contribution in [0, 0.1) is 0 Å². The fourth-order valence-electron chi connectivity index (χ4n) is 1.84. The molecule has 108 valence electrons. The number of hydrogen-bond donors (Lipinski definition) is 1. The average Bonchev–Trinajstić information content (AvgIpc) is 2.34. The van der Waals surface area contributed by atoms with Gasteiger partial charge in [-0.2, -0.15) is 13.2 Å². The van der Waals surface area contributed by atoms with Crippen LogP contribution in [-0.4, -0.2) is 19.3 Å². The molecule has 19 heavy (non-hydrogen) atoms. The van der Waals surface area contributed by atoms with E-state index in [2.05, 4.69) is 5.32 Å². The Balaban J connectivity index is 2.53. The van der Waals surface area contributed by atoms with Crippen LogP contribution in [0.3, 0.4) is 0 Å². The summed E-state index contributed by atoms with van der Waals surface area (Å²) in [4.78, 5) is 0. The van der Waals surface area contributed by atoms with E-state index in [1.54, 1.807) is 6.07 Å². The first-order valence-corrected chi connectivity index (χ1v) is 6.46. The molecule has 0 amide bonds. The molecule has 0 radical (unpaired) electrons. The molecule has 0 aliphatic rings. The number of halogens is 3. The second-order valence-corrected chi connectivity index (χ2v) is 4.38. The third-order valence-electron chi connectivity index (χ3n) is 2.76. The van der Waals surface area contributed by atoms with Crippen molar-refractivity contribution in [1.82, 2.24) is 5.32 Å². The van der Waals surface area contributed by atoms with Crippen LogP contribution in [-0.2, 0) is 0 Å². The number of nitrogens with one attached hydrogen (secondary N) is 1. The first-order chi connectivity index (χ1) is 8.94. The molecule has 0 saturated heterocycles. The first kappa shape index (κ1) is 15.8. The van der Waals surface area contributed by atoms with Crippen molar-refractivity contribution in [3.05, 3.63) is 29.8 Å². The molecular weight excluding hydrogens is 255 g/mol. The van der Waals surface area contributed by atoms with Crippen molar-refractivity contribution in [3.63, 3.8) is 0 Å². The summed E-state index contributed by atoms with van der Waals surface area (Å²) in [5.41, 5.74) is 0.969. The lowest BCUT2D eigenvalue weighted by Crippen LogP contribution is -2.18. The van der Waals surface area contributed by atoms with Crippen LogP contribution in [0.2, 0.25) is 0 Å². The molecule has 1 aromatic rings. The Morgan fingerprint density at radius 2 is 1.95 bits per heavy atom. The van der Waals surface area contributed by atoms with Gasteiger partial charge in [0.1, 0.15) is 5.75 Å². The van der Waals surface area contributed by atoms with E-state index in [4.69, 9.17) is 4.74 Å². The minimum atomic E-state index is -4.11. The third kappa shape index (κ3) is 5.96. The van der Waals surface area contributed by atoms with Crippen LogP contribution >= 0.6 is 0 Å². The standard InChI is InChI=1S/C14H20F3NO/c1-3-18-11(2)12-7-4-5-8-13(12)19-10-6-9-14(15,16)17/h4-5,7-8,11,18H,3,6,9-10H2,1-2H3. The summed E-state index contributed by atoms with van der Waals surface area (Å²) >= 11 is 0. The summed E-state index contributed by atoms with van der Waals surface area (Å²) in [7, 11) is 0. The average molecular weight is 275 g/mol. The molecule has 1 unspecified atom stereocenters. The zero-order valence-electron chi connectivity index (χ0n) is 11.3. The maximum Gasteiger partial charge on any atom is 0.389 e. The second kappa shape index (κ2) is 7.38. The van der Waals surface area contributed by atoms with Crippen LogP contribution < -0.4 is 10.1 Å². The molecule has 0 fully saturated rings. The van der Waals surface area contributed by atoms with Gasteiger partial charge in [0, 0.05) is 18.0 Å². The van der Waals surface area contributed by atoms with E-state index in [9.17, 15) is 13.2 Å². The predicted octanol–water partition coefficient (Wildman–Crippen LogP) is 4.08. The van der Waals surface area contributed by atoms with E-state index in [1.165, 1.54) is 0 Å². The van der Waals surface area contributed by atoms with Crippen molar-refractivity contribution in [2.24, 2.45) is 0 Å². The van der Waals surface area contributed by atoms with E-state index in [-0.39, 0.29) is 19.1 Å². The monoisotopic (exact) mass is 275 g/mol. The summed E-state index contributed by atoms with van der Waals surface area (Å²) in [5, 5.41) is 3.26. The number of para-hydroxylation sites is 1. The SMILES string of the molecule is CCNC(C)c1ccccc1OCCCC(F)(F)F. The molecule has 0 aliphatic heterocycles. The van der Waals surface area contributed by atoms with Gasteiger partial charge in [-0.3, -0.25) is 0 Å². The van der Waals surface area contributed by atoms with Gasteiger partial charge in [0.05, 0.1) is 6.61 Å². The minimum absolute atomic E-state index is 0.0204. The molecule has 2 nitrogen and oxygen atoms in total. The molecule has 0 aliphatic carbocycles. The van der Waals surface area contributed by atoms with Crippen LogP contribution in [0.15, 0.2) is 24.3 Å². The van der Waals surface area contributed by atoms with Crippen molar-refractivity contribution in [2.75, 3.05) is 13.2 Å². The molecule has 1 rings (SSSR count). The molecule has 0 spiro atoms. The fraction of sp³-hybridized carbons (Fsp3) is 0.571. The summed E-state index contributed by atoms with van der Waals surface area (Å²) in [6, 6.07) is 7.54. The Bertz CT molecular complexity index is 379. The topological polar surface area (TPSA) is 21.3 Å². The van der Waals surface area contributed by atoms with Gasteiger partial charge in [-0.1, -0.05) is 25.1 Å². The molecule has 1 aromatic carbocycles. The zero-order chi connectivity index (χ0) is 14.3. The van der Waals surface area contributed by atoms with E-state index in [0.717, 1.165) is 12.1 Å². The maximum atomic E-state index is 12.0. The molecule has 0 heterocycles. The Morgan fingerprint density at radius 1 is 1.26 bits per heavy atom. The van der Waals surface area contributed by atoms with Crippen LogP contribution in [0.5, 0.6) is 5.75 Å². The van der Waals surface area contributed by atoms with Crippen molar-refractivity contribution in [2.45, 2.75) is 38.9 Å². The highest BCUT2D eigenvalue weighted by atomic mass is 19.4. The predicted molar refractivity (Wildman–Crippen MR) is 69.3 cm³/mol. The van der Waals surface area contributed by atoms with Gasteiger partial charge >= 0.3 is 6.18 Å². The maximum absolute atomic E-state index is 12.0. The molecule has 0 bridgehead atoms. The van der Waals surface area contributed by atoms with Gasteiger partial charge in [-0.05, 0) is 26.0 Å². The quantitative estimate of drug-likeness (QED) is 0.757. The van der Waals surface area contributed by atoms with E-state index >= 15 is 0 Å². The lowest BCUT2D eigenvalue weighted by Gasteiger charge is -2.17. The molecule has 5 heteroatoms. The van der Waals surface area contributed by atoms with E-state index < -0.39 is 12.6 Å². The lowest BCUT2D eigenvalue weighted by molar-refractivity contribution is -0.136. The van der Waals surface area contributed by atoms with Gasteiger partial charge in [0.2, 0.25) is 0 Å². The van der Waals surface area contributed by atoms with Crippen LogP contribution in [0.4, 0.5) is 13.2 Å². The molecular formula is C14H20F3NO. The normalized spacial score (nSPS) is 13.3. The molecule has 1 atom stereocenters. The molecule has 1 N–H and O–H groups in total. The van der Waals surface area contributed by atoms with Gasteiger partial charge in [-0.25, -0.2) is 0 Å². The van der Waals surface area contributed by atoms with Gasteiger partial charge in [0.25, 0.3) is 0 Å². The van der Waals surface area contributed by atoms with Crippen molar-refractivity contribution in [3.8, 4) is 5.75 Å². The summed E-state index contributed by atoms with van der Waals surface area (Å²) in [6.45, 7) is 4.91. The Kier molecular flexibility index (Phi) is 6.15. The van der Waals surface area contributed by atoms with Crippen LogP contribution in [0.25, 0.3) is 0 Å². The summed E-state index contributed by atoms with van der Waals surface area (Å²) < 4.78 is 41.5.